The Balaban J connectivity index is 4.41. The van der Waals surface area contributed by atoms with Crippen molar-refractivity contribution in [3.05, 3.63) is 72.9 Å². The zero-order valence-electron chi connectivity index (χ0n) is 53.3. The fraction of sp³-hybridized carbons (Fsp3) is 0.797. The predicted octanol–water partition coefficient (Wildman–Crippen LogP) is 24.1. The van der Waals surface area contributed by atoms with E-state index < -0.39 is 6.10 Å². The summed E-state index contributed by atoms with van der Waals surface area (Å²) in [5.74, 6) is -0.887. The molecule has 0 rings (SSSR count). The molecule has 6 heteroatoms. The van der Waals surface area contributed by atoms with Gasteiger partial charge in [-0.3, -0.25) is 14.4 Å². The molecule has 0 spiro atoms. The van der Waals surface area contributed by atoms with Crippen molar-refractivity contribution < 1.29 is 28.6 Å². The molecule has 1 atom stereocenters. The third-order valence-corrected chi connectivity index (χ3v) is 15.4. The molecule has 0 aliphatic rings. The summed E-state index contributed by atoms with van der Waals surface area (Å²) in [7, 11) is 0. The molecule has 464 valence electrons. The standard InChI is InChI=1S/C74H132O6/c1-4-7-10-13-16-19-22-25-28-31-34-37-40-43-46-49-52-55-58-61-64-67-73(76)79-70-71(69-78-72(75)66-63-60-57-54-51-48-45-42-39-36-33-30-27-24-21-18-15-12-9-6-3)80-74(77)68-65-62-59-56-53-50-47-44-41-38-35-32-29-26-23-20-17-14-11-8-5-2/h22-23,25-26,31-32,34-35,40-41,43-44,71H,4-21,24,27-30,33,36-39,42,45-70H2,1-3H3/b25-22-,26-23-,34-31-,35-32-,43-40-,44-41-. The van der Waals surface area contributed by atoms with E-state index in [1.54, 1.807) is 0 Å². The Bertz CT molecular complexity index is 1470. The van der Waals surface area contributed by atoms with Crippen molar-refractivity contribution in [1.29, 1.82) is 0 Å². The van der Waals surface area contributed by atoms with Crippen LogP contribution < -0.4 is 0 Å². The minimum absolute atomic E-state index is 0.0821. The van der Waals surface area contributed by atoms with Crippen molar-refractivity contribution in [1.82, 2.24) is 0 Å². The fourth-order valence-electron chi connectivity index (χ4n) is 10.2. The van der Waals surface area contributed by atoms with Gasteiger partial charge in [-0.1, -0.05) is 318 Å². The second kappa shape index (κ2) is 68.3. The molecular formula is C74H132O6. The summed E-state index contributed by atoms with van der Waals surface area (Å²) in [4.78, 5) is 38.5. The van der Waals surface area contributed by atoms with Crippen LogP contribution in [0.15, 0.2) is 72.9 Å². The summed E-state index contributed by atoms with van der Waals surface area (Å²) in [5, 5.41) is 0. The van der Waals surface area contributed by atoms with Crippen molar-refractivity contribution >= 4 is 17.9 Å². The lowest BCUT2D eigenvalue weighted by Crippen LogP contribution is -2.30. The number of hydrogen-bond acceptors (Lipinski definition) is 6. The molecule has 80 heavy (non-hydrogen) atoms. The molecule has 0 saturated carbocycles. The number of unbranched alkanes of at least 4 members (excludes halogenated alkanes) is 41. The molecule has 0 aromatic heterocycles. The van der Waals surface area contributed by atoms with E-state index in [0.717, 1.165) is 103 Å². The summed E-state index contributed by atoms with van der Waals surface area (Å²) < 4.78 is 17.0. The molecule has 0 bridgehead atoms. The van der Waals surface area contributed by atoms with Crippen LogP contribution in [0.2, 0.25) is 0 Å². The molecule has 0 heterocycles. The summed E-state index contributed by atoms with van der Waals surface area (Å²) in [6.45, 7) is 6.65. The molecule has 0 N–H and O–H groups in total. The molecule has 0 radical (unpaired) electrons. The van der Waals surface area contributed by atoms with Gasteiger partial charge in [0.15, 0.2) is 6.10 Å². The average molecular weight is 1120 g/mol. The number of ether oxygens (including phenoxy) is 3. The van der Waals surface area contributed by atoms with Gasteiger partial charge < -0.3 is 14.2 Å². The highest BCUT2D eigenvalue weighted by atomic mass is 16.6. The largest absolute Gasteiger partial charge is 0.462 e. The van der Waals surface area contributed by atoms with Crippen molar-refractivity contribution in [3.8, 4) is 0 Å². The zero-order valence-corrected chi connectivity index (χ0v) is 53.3. The van der Waals surface area contributed by atoms with Gasteiger partial charge >= 0.3 is 17.9 Å². The minimum Gasteiger partial charge on any atom is -0.462 e. The number of carbonyl (C=O) groups excluding carboxylic acids is 3. The number of hydrogen-bond donors (Lipinski definition) is 0. The highest BCUT2D eigenvalue weighted by molar-refractivity contribution is 5.71. The molecule has 0 aliphatic heterocycles. The summed E-state index contributed by atoms with van der Waals surface area (Å²) in [5.41, 5.74) is 0. The van der Waals surface area contributed by atoms with Gasteiger partial charge in [0.05, 0.1) is 0 Å². The van der Waals surface area contributed by atoms with Gasteiger partial charge in [-0.15, -0.1) is 0 Å². The number of carbonyl (C=O) groups is 3. The van der Waals surface area contributed by atoms with E-state index in [0.29, 0.717) is 19.3 Å². The van der Waals surface area contributed by atoms with Crippen LogP contribution in [0, 0.1) is 0 Å². The maximum Gasteiger partial charge on any atom is 0.306 e. The van der Waals surface area contributed by atoms with Crippen LogP contribution in [0.1, 0.15) is 361 Å². The number of allylic oxidation sites excluding steroid dienone is 12. The second-order valence-corrected chi connectivity index (χ2v) is 23.4. The van der Waals surface area contributed by atoms with Gasteiger partial charge in [0.25, 0.3) is 0 Å². The molecule has 0 aromatic carbocycles. The van der Waals surface area contributed by atoms with Crippen LogP contribution in [0.25, 0.3) is 0 Å². The maximum atomic E-state index is 13.0. The highest BCUT2D eigenvalue weighted by Crippen LogP contribution is 2.17. The van der Waals surface area contributed by atoms with Crippen molar-refractivity contribution in [3.63, 3.8) is 0 Å². The Kier molecular flexibility index (Phi) is 65.7. The van der Waals surface area contributed by atoms with Crippen molar-refractivity contribution in [2.24, 2.45) is 0 Å². The first kappa shape index (κ1) is 76.9. The fourth-order valence-corrected chi connectivity index (χ4v) is 10.2. The zero-order chi connectivity index (χ0) is 57.8. The third kappa shape index (κ3) is 65.7. The molecule has 0 aromatic rings. The molecule has 0 amide bonds. The molecule has 1 unspecified atom stereocenters. The topological polar surface area (TPSA) is 78.9 Å². The summed E-state index contributed by atoms with van der Waals surface area (Å²) >= 11 is 0. The van der Waals surface area contributed by atoms with E-state index in [1.165, 1.54) is 218 Å². The van der Waals surface area contributed by atoms with Gasteiger partial charge in [0, 0.05) is 19.3 Å². The maximum absolute atomic E-state index is 13.0. The monoisotopic (exact) mass is 1120 g/mol. The smallest absolute Gasteiger partial charge is 0.306 e. The Labute approximate surface area is 497 Å². The highest BCUT2D eigenvalue weighted by Gasteiger charge is 2.19. The Morgan fingerprint density at radius 3 is 0.700 bits per heavy atom. The summed E-state index contributed by atoms with van der Waals surface area (Å²) in [6.07, 6.45) is 89.1. The molecule has 0 aliphatic carbocycles. The average Bonchev–Trinajstić information content (AvgIpc) is 3.46. The van der Waals surface area contributed by atoms with E-state index in [2.05, 4.69) is 93.7 Å². The van der Waals surface area contributed by atoms with Gasteiger partial charge in [0.2, 0.25) is 0 Å². The molecule has 0 saturated heterocycles. The first-order valence-electron chi connectivity index (χ1n) is 34.9. The van der Waals surface area contributed by atoms with E-state index >= 15 is 0 Å². The van der Waals surface area contributed by atoms with Crippen LogP contribution in [0.4, 0.5) is 0 Å². The first-order chi connectivity index (χ1) is 39.5. The van der Waals surface area contributed by atoms with Gasteiger partial charge in [-0.25, -0.2) is 0 Å². The lowest BCUT2D eigenvalue weighted by atomic mass is 10.0. The van der Waals surface area contributed by atoms with E-state index in [1.807, 2.05) is 0 Å². The molecular weight excluding hydrogens is 985 g/mol. The Morgan fingerprint density at radius 2 is 0.450 bits per heavy atom. The van der Waals surface area contributed by atoms with Crippen LogP contribution in [0.5, 0.6) is 0 Å². The van der Waals surface area contributed by atoms with E-state index in [4.69, 9.17) is 14.2 Å². The minimum atomic E-state index is -0.789. The van der Waals surface area contributed by atoms with Gasteiger partial charge in [-0.2, -0.15) is 0 Å². The quantitative estimate of drug-likeness (QED) is 0.0261. The van der Waals surface area contributed by atoms with Gasteiger partial charge in [0.1, 0.15) is 13.2 Å². The van der Waals surface area contributed by atoms with Crippen LogP contribution in [-0.4, -0.2) is 37.2 Å². The third-order valence-electron chi connectivity index (χ3n) is 15.4. The number of rotatable bonds is 64. The van der Waals surface area contributed by atoms with Crippen LogP contribution in [0.3, 0.4) is 0 Å². The molecule has 0 fully saturated rings. The normalized spacial score (nSPS) is 12.5. The van der Waals surface area contributed by atoms with E-state index in [9.17, 15) is 14.4 Å². The number of esters is 3. The van der Waals surface area contributed by atoms with E-state index in [-0.39, 0.29) is 31.1 Å². The van der Waals surface area contributed by atoms with Gasteiger partial charge in [-0.05, 0) is 96.3 Å². The summed E-state index contributed by atoms with van der Waals surface area (Å²) in [6, 6.07) is 0. The lowest BCUT2D eigenvalue weighted by Gasteiger charge is -2.18. The van der Waals surface area contributed by atoms with Crippen molar-refractivity contribution in [2.45, 2.75) is 367 Å². The predicted molar refractivity (Wildman–Crippen MR) is 348 cm³/mol. The Morgan fingerprint density at radius 1 is 0.250 bits per heavy atom. The SMILES string of the molecule is CCCCCCC/C=C\C/C=C\C/C=C\CCCCCCCCC(=O)OCC(COC(=O)CCCCCCCCCCCCCCCCCCCCCC)OC(=O)CCCCCCCC/C=C\C/C=C\C/C=C\CCCCCCC. The van der Waals surface area contributed by atoms with Crippen LogP contribution >= 0.6 is 0 Å². The second-order valence-electron chi connectivity index (χ2n) is 23.4. The first-order valence-corrected chi connectivity index (χ1v) is 34.9. The van der Waals surface area contributed by atoms with Crippen molar-refractivity contribution in [2.75, 3.05) is 13.2 Å². The lowest BCUT2D eigenvalue weighted by molar-refractivity contribution is -0.167. The van der Waals surface area contributed by atoms with Crippen LogP contribution in [-0.2, 0) is 28.6 Å². The Hall–Kier alpha value is -3.15. The molecule has 6 nitrogen and oxygen atoms in total.